The molecule has 0 aromatic heterocycles. The maximum absolute atomic E-state index is 14.2. The Bertz CT molecular complexity index is 5810. The summed E-state index contributed by atoms with van der Waals surface area (Å²) < 4.78 is 141. The third kappa shape index (κ3) is 26.6. The molecular formula is C92H86F8N6O18. The molecule has 0 fully saturated rings. The van der Waals surface area contributed by atoms with Crippen molar-refractivity contribution in [3.8, 4) is 34.5 Å². The molecule has 32 heteroatoms. The molecule has 0 aliphatic carbocycles. The summed E-state index contributed by atoms with van der Waals surface area (Å²) in [6.07, 6.45) is -4.55. The van der Waals surface area contributed by atoms with Crippen LogP contribution in [0.3, 0.4) is 0 Å². The number of hydrogen-bond acceptors (Lipinski definition) is 18. The summed E-state index contributed by atoms with van der Waals surface area (Å²) in [6.45, 7) is 22.0. The Kier molecular flexibility index (Phi) is 34.6. The highest BCUT2D eigenvalue weighted by molar-refractivity contribution is 5.50. The predicted molar refractivity (Wildman–Crippen MR) is 450 cm³/mol. The van der Waals surface area contributed by atoms with Gasteiger partial charge in [-0.25, -0.2) is 22.0 Å². The van der Waals surface area contributed by atoms with Crippen molar-refractivity contribution in [1.29, 1.82) is 0 Å². The maximum atomic E-state index is 14.2. The summed E-state index contributed by atoms with van der Waals surface area (Å²) in [5, 5.41) is 65.4. The highest BCUT2D eigenvalue weighted by atomic mass is 19.4. The third-order valence-electron chi connectivity index (χ3n) is 19.1. The molecule has 24 nitrogen and oxygen atoms in total. The zero-order valence-electron chi connectivity index (χ0n) is 69.5. The Labute approximate surface area is 707 Å². The minimum absolute atomic E-state index is 0.000501. The van der Waals surface area contributed by atoms with Crippen LogP contribution in [0, 0.1) is 180 Å². The predicted octanol–water partition coefficient (Wildman–Crippen LogP) is 24.8. The topological polar surface area (TPSA) is 314 Å². The Morgan fingerprint density at radius 2 is 0.581 bits per heavy atom. The van der Waals surface area contributed by atoms with Crippen molar-refractivity contribution in [1.82, 2.24) is 0 Å². The number of nitro benzene ring substituents is 6. The van der Waals surface area contributed by atoms with Crippen molar-refractivity contribution in [2.75, 3.05) is 0 Å². The molecular weight excluding hydrogens is 1630 g/mol. The van der Waals surface area contributed by atoms with Crippen LogP contribution in [0.15, 0.2) is 212 Å². The molecule has 0 saturated carbocycles. The first-order valence-corrected chi connectivity index (χ1v) is 37.7. The van der Waals surface area contributed by atoms with E-state index in [0.717, 1.165) is 28.3 Å². The summed E-state index contributed by atoms with van der Waals surface area (Å²) in [5.74, 6) is -0.703. The Morgan fingerprint density at radius 3 is 0.976 bits per heavy atom. The van der Waals surface area contributed by atoms with E-state index in [1.54, 1.807) is 210 Å². The molecule has 0 aliphatic rings. The highest BCUT2D eigenvalue weighted by Crippen LogP contribution is 2.39. The Balaban J connectivity index is 0.000000204. The number of benzene rings is 12. The SMILES string of the molecule is Cc1cc(C)c(OCc2ccccc2[N+](=O)[O-])c(F)c1.Cc1cc(C)c(OCc2ccccc2[N+](=O)[O-])c(F)c1C.Cc1cc(C)c(OCc2ccccc2[N+](=O)[O-])cc1F.Cc1cc(OCc2ccccc2[N+](=O)[O-])c(C)c(F)c1C.Cc1ccc(OCc2ccccc2[N+](=O)[O-])c(C(F)(F)F)c1.Cc1ccc(OCc2ccccc2[N+](=O)[O-])c(C)c1F. The van der Waals surface area contributed by atoms with E-state index < -0.39 is 52.9 Å². The average Bonchev–Trinajstić information content (AvgIpc) is 0.819. The number of nitro groups is 6. The van der Waals surface area contributed by atoms with Crippen molar-refractivity contribution in [2.45, 2.75) is 136 Å². The number of ether oxygens (including phenoxy) is 6. The second-order valence-corrected chi connectivity index (χ2v) is 28.2. The molecule has 0 aliphatic heterocycles. The van der Waals surface area contributed by atoms with Crippen LogP contribution in [0.1, 0.15) is 111 Å². The number of aryl methyl sites for hydroxylation is 9. The van der Waals surface area contributed by atoms with Crippen LogP contribution < -0.4 is 28.4 Å². The van der Waals surface area contributed by atoms with Gasteiger partial charge in [-0.1, -0.05) is 103 Å². The van der Waals surface area contributed by atoms with Crippen molar-refractivity contribution in [3.05, 3.63) is 413 Å². The summed E-state index contributed by atoms with van der Waals surface area (Å²) in [7, 11) is 0. The molecule has 0 spiro atoms. The van der Waals surface area contributed by atoms with E-state index in [2.05, 4.69) is 0 Å². The van der Waals surface area contributed by atoms with Gasteiger partial charge < -0.3 is 28.4 Å². The van der Waals surface area contributed by atoms with Gasteiger partial charge in [-0.15, -0.1) is 0 Å². The zero-order chi connectivity index (χ0) is 91.6. The number of alkyl halides is 3. The molecule has 0 saturated heterocycles. The molecule has 648 valence electrons. The molecule has 0 unspecified atom stereocenters. The fourth-order valence-electron chi connectivity index (χ4n) is 12.1. The summed E-state index contributed by atoms with van der Waals surface area (Å²) in [5.41, 5.74) is 9.31. The van der Waals surface area contributed by atoms with Crippen LogP contribution in [-0.2, 0) is 45.8 Å². The van der Waals surface area contributed by atoms with Crippen LogP contribution in [0.4, 0.5) is 69.2 Å². The molecule has 12 aromatic rings. The average molecular weight is 1720 g/mol. The molecule has 0 atom stereocenters. The van der Waals surface area contributed by atoms with Crippen molar-refractivity contribution in [3.63, 3.8) is 0 Å². The maximum Gasteiger partial charge on any atom is 0.419 e. The van der Waals surface area contributed by atoms with Crippen molar-refractivity contribution >= 4 is 34.1 Å². The highest BCUT2D eigenvalue weighted by Gasteiger charge is 2.35. The van der Waals surface area contributed by atoms with Gasteiger partial charge in [0.25, 0.3) is 34.1 Å². The van der Waals surface area contributed by atoms with Gasteiger partial charge in [-0.3, -0.25) is 60.7 Å². The second-order valence-electron chi connectivity index (χ2n) is 28.2. The van der Waals surface area contributed by atoms with Gasteiger partial charge in [-0.05, 0) is 218 Å². The fraction of sp³-hybridized carbons (Fsp3) is 0.217. The van der Waals surface area contributed by atoms with Gasteiger partial charge in [0.2, 0.25) is 0 Å². The van der Waals surface area contributed by atoms with E-state index in [4.69, 9.17) is 28.4 Å². The Morgan fingerprint density at radius 1 is 0.258 bits per heavy atom. The largest absolute Gasteiger partial charge is 0.488 e. The van der Waals surface area contributed by atoms with E-state index >= 15 is 0 Å². The van der Waals surface area contributed by atoms with Gasteiger partial charge in [0.05, 0.1) is 68.5 Å². The summed E-state index contributed by atoms with van der Waals surface area (Å²) in [4.78, 5) is 62.5. The van der Waals surface area contributed by atoms with Gasteiger partial charge in [-0.2, -0.15) is 13.2 Å². The first-order chi connectivity index (χ1) is 58.6. The lowest BCUT2D eigenvalue weighted by Gasteiger charge is -2.14. The first kappa shape index (κ1) is 96.4. The monoisotopic (exact) mass is 1710 g/mol. The lowest BCUT2D eigenvalue weighted by molar-refractivity contribution is -0.386. The van der Waals surface area contributed by atoms with Crippen LogP contribution in [0.2, 0.25) is 0 Å². The molecule has 0 radical (unpaired) electrons. The third-order valence-corrected chi connectivity index (χ3v) is 19.1. The number of halogens is 8. The van der Waals surface area contributed by atoms with E-state index in [1.165, 1.54) is 72.8 Å². The summed E-state index contributed by atoms with van der Waals surface area (Å²) >= 11 is 0. The molecule has 0 bridgehead atoms. The molecule has 0 N–H and O–H groups in total. The molecule has 0 amide bonds. The lowest BCUT2D eigenvalue weighted by atomic mass is 10.0. The molecule has 124 heavy (non-hydrogen) atoms. The van der Waals surface area contributed by atoms with Gasteiger partial charge in [0.15, 0.2) is 23.1 Å². The van der Waals surface area contributed by atoms with Crippen molar-refractivity contribution in [2.24, 2.45) is 0 Å². The lowest BCUT2D eigenvalue weighted by Crippen LogP contribution is -2.09. The fourth-order valence-corrected chi connectivity index (χ4v) is 12.1. The van der Waals surface area contributed by atoms with Crippen LogP contribution in [-0.4, -0.2) is 29.5 Å². The Hall–Kier alpha value is -14.7. The normalized spacial score (nSPS) is 10.6. The van der Waals surface area contributed by atoms with Gasteiger partial charge in [0, 0.05) is 53.6 Å². The van der Waals surface area contributed by atoms with Crippen LogP contribution in [0.25, 0.3) is 0 Å². The van der Waals surface area contributed by atoms with Crippen molar-refractivity contribution < 1.29 is 93.1 Å². The number of rotatable bonds is 24. The van der Waals surface area contributed by atoms with Gasteiger partial charge >= 0.3 is 6.18 Å². The van der Waals surface area contributed by atoms with E-state index in [0.29, 0.717) is 95.1 Å². The first-order valence-electron chi connectivity index (χ1n) is 37.7. The van der Waals surface area contributed by atoms with E-state index in [1.807, 2.05) is 13.0 Å². The molecule has 0 heterocycles. The van der Waals surface area contributed by atoms with Crippen LogP contribution >= 0.6 is 0 Å². The van der Waals surface area contributed by atoms with E-state index in [-0.39, 0.29) is 114 Å². The minimum Gasteiger partial charge on any atom is -0.488 e. The summed E-state index contributed by atoms with van der Waals surface area (Å²) in [6, 6.07) is 54.1. The number of para-hydroxylation sites is 6. The van der Waals surface area contributed by atoms with Crippen LogP contribution in [0.5, 0.6) is 34.5 Å². The number of hydrogen-bond donors (Lipinski definition) is 0. The molecule has 12 rings (SSSR count). The quantitative estimate of drug-likeness (QED) is 0.0308. The van der Waals surface area contributed by atoms with E-state index in [9.17, 15) is 95.8 Å². The minimum atomic E-state index is -4.55. The zero-order valence-corrected chi connectivity index (χ0v) is 69.5. The second kappa shape index (κ2) is 44.5. The number of nitrogens with zero attached hydrogens (tertiary/aromatic N) is 6. The van der Waals surface area contributed by atoms with Gasteiger partial charge in [0.1, 0.15) is 80.1 Å². The smallest absolute Gasteiger partial charge is 0.419 e. The molecule has 12 aromatic carbocycles. The standard InChI is InChI=1S/2C16H16FNO3.C15H12F3NO3.3C15H14FNO3/c1-10-8-15(12(3)16(17)11(10)2)21-9-13-6-4-5-7-14(13)18(19)20;1-10-8-11(2)16(15(17)12(10)3)21-9-13-6-4-5-7-14(13)18(19)20;1-10-6-7-14(12(8-10)15(16,17)18)22-9-11-4-2-3-5-13(11)19(20)21;1-10-7-11(2)15(8-13(10)16)20-9-12-5-3-4-6-14(12)17(18)19;1-10-7-11(2)15(13(16)8-10)20-9-12-5-3-4-6-14(12)17(18)19;1-10-7-8-14(11(2)15(10)16)20-9-12-5-3-4-6-13(12)17(18)19/h2*4-8H,9H2,1-3H3;2-8H,9H2,1H3;3*3-8H,9H2,1-2H3.